The van der Waals surface area contributed by atoms with E-state index in [1.807, 2.05) is 0 Å². The van der Waals surface area contributed by atoms with Gasteiger partial charge in [0, 0.05) is 7.11 Å². The van der Waals surface area contributed by atoms with Crippen molar-refractivity contribution >= 4 is 17.3 Å². The van der Waals surface area contributed by atoms with Gasteiger partial charge in [0.25, 0.3) is 0 Å². The minimum atomic E-state index is -0.358. The van der Waals surface area contributed by atoms with E-state index in [1.165, 1.54) is 0 Å². The highest BCUT2D eigenvalue weighted by molar-refractivity contribution is 5.91. The second-order valence-electron chi connectivity index (χ2n) is 4.97. The summed E-state index contributed by atoms with van der Waals surface area (Å²) in [5.41, 5.74) is 7.77. The first-order chi connectivity index (χ1) is 9.49. The number of hydrogen-bond acceptors (Lipinski definition) is 5. The molecule has 0 radical (unpaired) electrons. The normalized spacial score (nSPS) is 12.2. The molecule has 0 heterocycles. The van der Waals surface area contributed by atoms with E-state index in [2.05, 4.69) is 19.2 Å². The molecule has 1 aromatic rings. The van der Waals surface area contributed by atoms with E-state index in [4.69, 9.17) is 15.2 Å². The second-order valence-corrected chi connectivity index (χ2v) is 4.97. The molecule has 5 nitrogen and oxygen atoms in total. The number of anilines is 2. The van der Waals surface area contributed by atoms with Gasteiger partial charge in [0.15, 0.2) is 0 Å². The Balaban J connectivity index is 2.84. The average Bonchev–Trinajstić information content (AvgIpc) is 2.40. The molecule has 0 saturated heterocycles. The molecule has 0 amide bonds. The van der Waals surface area contributed by atoms with Gasteiger partial charge in [0.1, 0.15) is 0 Å². The fourth-order valence-corrected chi connectivity index (χ4v) is 1.82. The number of nitrogens with one attached hydrogen (secondary N) is 1. The van der Waals surface area contributed by atoms with Gasteiger partial charge < -0.3 is 20.5 Å². The molecule has 1 unspecified atom stereocenters. The minimum Gasteiger partial charge on any atom is -0.462 e. The molecule has 0 aliphatic rings. The van der Waals surface area contributed by atoms with Gasteiger partial charge in [-0.05, 0) is 31.0 Å². The summed E-state index contributed by atoms with van der Waals surface area (Å²) in [5.74, 6) is 0.0436. The van der Waals surface area contributed by atoms with E-state index in [0.717, 1.165) is 5.69 Å². The van der Waals surface area contributed by atoms with Crippen LogP contribution in [0.2, 0.25) is 0 Å². The SMILES string of the molecule is CCOC(=O)c1ccc(NC(COC)C(C)C)c(N)c1. The third kappa shape index (κ3) is 4.42. The number of hydrogen-bond donors (Lipinski definition) is 2. The van der Waals surface area contributed by atoms with Crippen LogP contribution in [0.5, 0.6) is 0 Å². The van der Waals surface area contributed by atoms with Crippen molar-refractivity contribution in [1.82, 2.24) is 0 Å². The molecule has 1 atom stereocenters. The molecular weight excluding hydrogens is 256 g/mol. The molecule has 1 rings (SSSR count). The van der Waals surface area contributed by atoms with Crippen LogP contribution in [0.3, 0.4) is 0 Å². The molecule has 1 aromatic carbocycles. The van der Waals surface area contributed by atoms with Gasteiger partial charge in [-0.1, -0.05) is 13.8 Å². The average molecular weight is 280 g/mol. The molecule has 0 bridgehead atoms. The fourth-order valence-electron chi connectivity index (χ4n) is 1.82. The van der Waals surface area contributed by atoms with Crippen LogP contribution in [0.1, 0.15) is 31.1 Å². The molecule has 3 N–H and O–H groups in total. The van der Waals surface area contributed by atoms with E-state index in [9.17, 15) is 4.79 Å². The van der Waals surface area contributed by atoms with Crippen LogP contribution in [0, 0.1) is 5.92 Å². The fraction of sp³-hybridized carbons (Fsp3) is 0.533. The number of carbonyl (C=O) groups is 1. The Morgan fingerprint density at radius 3 is 2.60 bits per heavy atom. The molecule has 0 aliphatic heterocycles. The molecule has 112 valence electrons. The summed E-state index contributed by atoms with van der Waals surface area (Å²) in [6.45, 7) is 6.94. The summed E-state index contributed by atoms with van der Waals surface area (Å²) in [7, 11) is 1.67. The van der Waals surface area contributed by atoms with Crippen LogP contribution in [0.25, 0.3) is 0 Å². The van der Waals surface area contributed by atoms with Crippen molar-refractivity contribution in [3.63, 3.8) is 0 Å². The topological polar surface area (TPSA) is 73.6 Å². The van der Waals surface area contributed by atoms with Crippen molar-refractivity contribution in [2.24, 2.45) is 5.92 Å². The highest BCUT2D eigenvalue weighted by atomic mass is 16.5. The molecular formula is C15H24N2O3. The van der Waals surface area contributed by atoms with Gasteiger partial charge >= 0.3 is 5.97 Å². The zero-order valence-electron chi connectivity index (χ0n) is 12.6. The predicted molar refractivity (Wildman–Crippen MR) is 80.9 cm³/mol. The van der Waals surface area contributed by atoms with E-state index in [-0.39, 0.29) is 12.0 Å². The van der Waals surface area contributed by atoms with E-state index in [0.29, 0.717) is 30.4 Å². The van der Waals surface area contributed by atoms with Crippen molar-refractivity contribution in [2.75, 3.05) is 31.4 Å². The van der Waals surface area contributed by atoms with E-state index in [1.54, 1.807) is 32.2 Å². The Morgan fingerprint density at radius 2 is 2.10 bits per heavy atom. The Bertz CT molecular complexity index is 447. The van der Waals surface area contributed by atoms with Gasteiger partial charge in [0.05, 0.1) is 36.2 Å². The highest BCUT2D eigenvalue weighted by Gasteiger charge is 2.15. The zero-order valence-corrected chi connectivity index (χ0v) is 12.6. The third-order valence-corrected chi connectivity index (χ3v) is 3.05. The van der Waals surface area contributed by atoms with Crippen LogP contribution in [-0.4, -0.2) is 32.3 Å². The van der Waals surface area contributed by atoms with E-state index < -0.39 is 0 Å². The van der Waals surface area contributed by atoms with Gasteiger partial charge in [-0.25, -0.2) is 4.79 Å². The lowest BCUT2D eigenvalue weighted by Crippen LogP contribution is -2.30. The summed E-state index contributed by atoms with van der Waals surface area (Å²) >= 11 is 0. The second kappa shape index (κ2) is 7.75. The molecule has 0 spiro atoms. The zero-order chi connectivity index (χ0) is 15.1. The molecule has 0 aromatic heterocycles. The maximum absolute atomic E-state index is 11.6. The monoisotopic (exact) mass is 280 g/mol. The van der Waals surface area contributed by atoms with Gasteiger partial charge in [-0.15, -0.1) is 0 Å². The predicted octanol–water partition coefficient (Wildman–Crippen LogP) is 2.53. The Kier molecular flexibility index (Phi) is 6.31. The van der Waals surface area contributed by atoms with Crippen LogP contribution < -0.4 is 11.1 Å². The third-order valence-electron chi connectivity index (χ3n) is 3.05. The van der Waals surface area contributed by atoms with Crippen molar-refractivity contribution in [3.8, 4) is 0 Å². The van der Waals surface area contributed by atoms with E-state index >= 15 is 0 Å². The lowest BCUT2D eigenvalue weighted by molar-refractivity contribution is 0.0526. The largest absolute Gasteiger partial charge is 0.462 e. The lowest BCUT2D eigenvalue weighted by Gasteiger charge is -2.23. The molecule has 0 saturated carbocycles. The Morgan fingerprint density at radius 1 is 1.40 bits per heavy atom. The van der Waals surface area contributed by atoms with Gasteiger partial charge in [-0.3, -0.25) is 0 Å². The van der Waals surface area contributed by atoms with Crippen LogP contribution in [0.4, 0.5) is 11.4 Å². The van der Waals surface area contributed by atoms with Crippen molar-refractivity contribution in [3.05, 3.63) is 23.8 Å². The number of carbonyl (C=O) groups excluding carboxylic acids is 1. The lowest BCUT2D eigenvalue weighted by atomic mass is 10.0. The summed E-state index contributed by atoms with van der Waals surface area (Å²) in [6, 6.07) is 5.30. The quantitative estimate of drug-likeness (QED) is 0.593. The van der Waals surface area contributed by atoms with Crippen LogP contribution in [-0.2, 0) is 9.47 Å². The molecule has 5 heteroatoms. The maximum Gasteiger partial charge on any atom is 0.338 e. The maximum atomic E-state index is 11.6. The minimum absolute atomic E-state index is 0.163. The molecule has 0 aliphatic carbocycles. The number of methoxy groups -OCH3 is 1. The van der Waals surface area contributed by atoms with Gasteiger partial charge in [0.2, 0.25) is 0 Å². The van der Waals surface area contributed by atoms with Crippen molar-refractivity contribution in [2.45, 2.75) is 26.8 Å². The summed E-state index contributed by atoms with van der Waals surface area (Å²) in [4.78, 5) is 11.6. The number of nitrogen functional groups attached to an aromatic ring is 1. The standard InChI is InChI=1S/C15H24N2O3/c1-5-20-15(18)11-6-7-13(12(16)8-11)17-14(9-19-4)10(2)3/h6-8,10,14,17H,5,9,16H2,1-4H3. The van der Waals surface area contributed by atoms with Crippen molar-refractivity contribution in [1.29, 1.82) is 0 Å². The number of benzene rings is 1. The highest BCUT2D eigenvalue weighted by Crippen LogP contribution is 2.22. The Labute approximate surface area is 120 Å². The first kappa shape index (κ1) is 16.3. The van der Waals surface area contributed by atoms with Crippen LogP contribution in [0.15, 0.2) is 18.2 Å². The number of nitrogens with two attached hydrogens (primary N) is 1. The first-order valence-corrected chi connectivity index (χ1v) is 6.81. The number of ether oxygens (including phenoxy) is 2. The summed E-state index contributed by atoms with van der Waals surface area (Å²) in [6.07, 6.45) is 0. The van der Waals surface area contributed by atoms with Crippen LogP contribution >= 0.6 is 0 Å². The van der Waals surface area contributed by atoms with Gasteiger partial charge in [-0.2, -0.15) is 0 Å². The summed E-state index contributed by atoms with van der Waals surface area (Å²) in [5, 5.41) is 3.34. The number of rotatable bonds is 7. The Hall–Kier alpha value is -1.75. The number of esters is 1. The summed E-state index contributed by atoms with van der Waals surface area (Å²) < 4.78 is 10.1. The van der Waals surface area contributed by atoms with Crippen molar-refractivity contribution < 1.29 is 14.3 Å². The first-order valence-electron chi connectivity index (χ1n) is 6.81. The molecule has 20 heavy (non-hydrogen) atoms. The molecule has 0 fully saturated rings. The smallest absolute Gasteiger partial charge is 0.338 e.